The molecule has 1 aliphatic carbocycles. The Kier molecular flexibility index (Phi) is 7.94. The Morgan fingerprint density at radius 2 is 1.90 bits per heavy atom. The molecule has 1 aromatic heterocycles. The normalized spacial score (nSPS) is 18.5. The van der Waals surface area contributed by atoms with Crippen LogP contribution in [0.15, 0.2) is 43.0 Å². The van der Waals surface area contributed by atoms with Crippen molar-refractivity contribution in [3.05, 3.63) is 54.1 Å². The van der Waals surface area contributed by atoms with E-state index in [1.54, 1.807) is 6.33 Å². The maximum Gasteiger partial charge on any atom is 0.218 e. The number of rotatable bonds is 10. The van der Waals surface area contributed by atoms with Gasteiger partial charge in [0, 0.05) is 24.3 Å². The summed E-state index contributed by atoms with van der Waals surface area (Å²) in [4.78, 5) is 8.54. The van der Waals surface area contributed by atoms with Crippen LogP contribution in [0.5, 0.6) is 5.88 Å². The summed E-state index contributed by atoms with van der Waals surface area (Å²) in [6, 6.07) is 8.68. The van der Waals surface area contributed by atoms with Crippen molar-refractivity contribution in [3.63, 3.8) is 0 Å². The summed E-state index contributed by atoms with van der Waals surface area (Å²) >= 11 is 0. The number of anilines is 2. The summed E-state index contributed by atoms with van der Waals surface area (Å²) in [7, 11) is 0. The Morgan fingerprint density at radius 3 is 2.63 bits per heavy atom. The number of benzene rings is 1. The lowest BCUT2D eigenvalue weighted by Gasteiger charge is -2.30. The van der Waals surface area contributed by atoms with Gasteiger partial charge in [0.05, 0.1) is 5.82 Å². The molecule has 1 saturated carbocycles. The fourth-order valence-corrected chi connectivity index (χ4v) is 3.67. The van der Waals surface area contributed by atoms with Crippen LogP contribution in [0.1, 0.15) is 56.6 Å². The second kappa shape index (κ2) is 10.9. The van der Waals surface area contributed by atoms with Gasteiger partial charge in [0.15, 0.2) is 0 Å². The summed E-state index contributed by atoms with van der Waals surface area (Å²) in [6.07, 6.45) is 8.14. The number of unbranched alkanes of at least 4 members (excludes halogenated alkanes) is 1. The molecule has 3 N–H and O–H groups in total. The summed E-state index contributed by atoms with van der Waals surface area (Å²) < 4.78 is 6.12. The minimum absolute atomic E-state index is 0.197. The molecule has 0 atom stereocenters. The van der Waals surface area contributed by atoms with Gasteiger partial charge in [0.1, 0.15) is 18.2 Å². The topological polar surface area (TPSA) is 71.1 Å². The maximum absolute atomic E-state index is 6.12. The van der Waals surface area contributed by atoms with Crippen molar-refractivity contribution in [3.8, 4) is 5.88 Å². The minimum Gasteiger partial charge on any atom is -0.474 e. The summed E-state index contributed by atoms with van der Waals surface area (Å²) in [5.41, 5.74) is 3.64. The molecule has 1 fully saturated rings. The molecule has 162 valence electrons. The van der Waals surface area contributed by atoms with E-state index in [4.69, 9.17) is 4.74 Å². The van der Waals surface area contributed by atoms with Crippen LogP contribution in [0.4, 0.5) is 11.5 Å². The molecule has 0 unspecified atom stereocenters. The standard InChI is InChI=1S/C24H35N5O/c1-5-6-13-25-23-15-24(27-16-26-23)30-22-11-9-20(10-12-22)28-19(4)29-21-8-7-17(2)18(3)14-21/h7-8,14-16,20,22,28-29H,4-6,9-13H2,1-3H3,(H,25,26,27). The second-order valence-corrected chi connectivity index (χ2v) is 8.16. The third kappa shape index (κ3) is 6.65. The molecular weight excluding hydrogens is 374 g/mol. The van der Waals surface area contributed by atoms with E-state index in [0.717, 1.165) is 62.4 Å². The molecule has 3 rings (SSSR count). The monoisotopic (exact) mass is 409 g/mol. The lowest BCUT2D eigenvalue weighted by atomic mass is 9.93. The minimum atomic E-state index is 0.197. The van der Waals surface area contributed by atoms with Crippen molar-refractivity contribution in [2.45, 2.75) is 71.4 Å². The van der Waals surface area contributed by atoms with E-state index < -0.39 is 0 Å². The van der Waals surface area contributed by atoms with Crippen LogP contribution < -0.4 is 20.7 Å². The zero-order chi connectivity index (χ0) is 21.3. The molecule has 0 spiro atoms. The van der Waals surface area contributed by atoms with E-state index in [9.17, 15) is 0 Å². The van der Waals surface area contributed by atoms with Gasteiger partial charge in [0.25, 0.3) is 0 Å². The molecule has 6 heteroatoms. The van der Waals surface area contributed by atoms with Crippen molar-refractivity contribution in [2.24, 2.45) is 0 Å². The number of hydrogen-bond acceptors (Lipinski definition) is 6. The number of nitrogens with zero attached hydrogens (tertiary/aromatic N) is 2. The van der Waals surface area contributed by atoms with E-state index in [2.05, 4.69) is 71.5 Å². The molecule has 1 heterocycles. The highest BCUT2D eigenvalue weighted by Gasteiger charge is 2.23. The summed E-state index contributed by atoms with van der Waals surface area (Å²) in [5, 5.41) is 10.2. The molecule has 0 radical (unpaired) electrons. The largest absolute Gasteiger partial charge is 0.474 e. The van der Waals surface area contributed by atoms with Crippen LogP contribution in [0.2, 0.25) is 0 Å². The average Bonchev–Trinajstić information content (AvgIpc) is 2.73. The molecule has 1 aliphatic rings. The first-order valence-corrected chi connectivity index (χ1v) is 11.1. The highest BCUT2D eigenvalue weighted by Crippen LogP contribution is 2.24. The second-order valence-electron chi connectivity index (χ2n) is 8.16. The Morgan fingerprint density at radius 1 is 1.10 bits per heavy atom. The first-order chi connectivity index (χ1) is 14.5. The quantitative estimate of drug-likeness (QED) is 0.470. The van der Waals surface area contributed by atoms with Crippen LogP contribution in [0.25, 0.3) is 0 Å². The fourth-order valence-electron chi connectivity index (χ4n) is 3.67. The van der Waals surface area contributed by atoms with Gasteiger partial charge in [-0.15, -0.1) is 0 Å². The van der Waals surface area contributed by atoms with Crippen molar-refractivity contribution in [2.75, 3.05) is 17.2 Å². The zero-order valence-electron chi connectivity index (χ0n) is 18.5. The molecule has 0 saturated heterocycles. The van der Waals surface area contributed by atoms with E-state index >= 15 is 0 Å². The van der Waals surface area contributed by atoms with Crippen LogP contribution in [0.3, 0.4) is 0 Å². The number of nitrogens with one attached hydrogen (secondary N) is 3. The number of hydrogen-bond donors (Lipinski definition) is 3. The van der Waals surface area contributed by atoms with Gasteiger partial charge < -0.3 is 20.7 Å². The van der Waals surface area contributed by atoms with Gasteiger partial charge in [-0.05, 0) is 69.2 Å². The van der Waals surface area contributed by atoms with E-state index in [0.29, 0.717) is 11.9 Å². The highest BCUT2D eigenvalue weighted by atomic mass is 16.5. The molecule has 0 aliphatic heterocycles. The van der Waals surface area contributed by atoms with E-state index in [1.807, 2.05) is 6.07 Å². The van der Waals surface area contributed by atoms with Gasteiger partial charge in [0.2, 0.25) is 5.88 Å². The third-order valence-corrected chi connectivity index (χ3v) is 5.62. The fraction of sp³-hybridized carbons (Fsp3) is 0.500. The van der Waals surface area contributed by atoms with Crippen molar-refractivity contribution in [1.82, 2.24) is 15.3 Å². The zero-order valence-corrected chi connectivity index (χ0v) is 18.5. The molecule has 0 bridgehead atoms. The van der Waals surface area contributed by atoms with E-state index in [-0.39, 0.29) is 6.10 Å². The van der Waals surface area contributed by atoms with Gasteiger partial charge in [-0.1, -0.05) is 26.0 Å². The summed E-state index contributed by atoms with van der Waals surface area (Å²) in [6.45, 7) is 11.5. The Labute approximate surface area is 180 Å². The first kappa shape index (κ1) is 21.9. The van der Waals surface area contributed by atoms with Crippen molar-refractivity contribution >= 4 is 11.5 Å². The molecule has 2 aromatic rings. The molecule has 1 aromatic carbocycles. The van der Waals surface area contributed by atoms with Crippen LogP contribution in [0, 0.1) is 13.8 Å². The third-order valence-electron chi connectivity index (χ3n) is 5.62. The Balaban J connectivity index is 1.42. The average molecular weight is 410 g/mol. The summed E-state index contributed by atoms with van der Waals surface area (Å²) in [5.74, 6) is 2.33. The van der Waals surface area contributed by atoms with Crippen LogP contribution in [-0.4, -0.2) is 28.7 Å². The number of aryl methyl sites for hydroxylation is 2. The predicted molar refractivity (Wildman–Crippen MR) is 124 cm³/mol. The molecule has 6 nitrogen and oxygen atoms in total. The Bertz CT molecular complexity index is 830. The van der Waals surface area contributed by atoms with Gasteiger partial charge in [-0.25, -0.2) is 9.97 Å². The van der Waals surface area contributed by atoms with Gasteiger partial charge in [-0.2, -0.15) is 0 Å². The first-order valence-electron chi connectivity index (χ1n) is 11.1. The van der Waals surface area contributed by atoms with Gasteiger partial charge in [-0.3, -0.25) is 0 Å². The van der Waals surface area contributed by atoms with Crippen molar-refractivity contribution < 1.29 is 4.74 Å². The van der Waals surface area contributed by atoms with E-state index in [1.165, 1.54) is 11.1 Å². The Hall–Kier alpha value is -2.76. The predicted octanol–water partition coefficient (Wildman–Crippen LogP) is 5.17. The number of aromatic nitrogens is 2. The molecule has 0 amide bonds. The molecular formula is C24H35N5O. The van der Waals surface area contributed by atoms with Crippen molar-refractivity contribution in [1.29, 1.82) is 0 Å². The maximum atomic E-state index is 6.12. The lowest BCUT2D eigenvalue weighted by Crippen LogP contribution is -2.37. The number of ether oxygens (including phenoxy) is 1. The molecule has 30 heavy (non-hydrogen) atoms. The van der Waals surface area contributed by atoms with Crippen LogP contribution >= 0.6 is 0 Å². The SMILES string of the molecule is C=C(Nc1ccc(C)c(C)c1)NC1CCC(Oc2cc(NCCCC)ncn2)CC1. The van der Waals surface area contributed by atoms with Gasteiger partial charge >= 0.3 is 0 Å². The smallest absolute Gasteiger partial charge is 0.218 e. The highest BCUT2D eigenvalue weighted by molar-refractivity contribution is 5.51. The van der Waals surface area contributed by atoms with Crippen LogP contribution in [-0.2, 0) is 0 Å². The lowest BCUT2D eigenvalue weighted by molar-refractivity contribution is 0.136.